The molecule has 1 aromatic heterocycles. The maximum absolute atomic E-state index is 12.2. The molecule has 0 radical (unpaired) electrons. The number of rotatable bonds is 1. The molecule has 0 aliphatic rings. The molecule has 62 valence electrons. The molecule has 0 unspecified atom stereocenters. The van der Waals surface area contributed by atoms with Crippen molar-refractivity contribution in [1.82, 2.24) is 0 Å². The Morgan fingerprint density at radius 1 is 1.64 bits per heavy atom. The topological polar surface area (TPSA) is 34.1 Å². The second-order valence-electron chi connectivity index (χ2n) is 1.96. The molecule has 0 N–H and O–H groups in total. The molecule has 0 bridgehead atoms. The lowest BCUT2D eigenvalue weighted by atomic mass is 10.4. The minimum absolute atomic E-state index is 0.307. The fourth-order valence-electron chi connectivity index (χ4n) is 0.552. The molecule has 0 fully saturated rings. The molecule has 0 aliphatic heterocycles. The summed E-state index contributed by atoms with van der Waals surface area (Å²) in [6, 6.07) is 1.21. The van der Waals surface area contributed by atoms with Crippen LogP contribution in [0.2, 0.25) is 4.34 Å². The maximum Gasteiger partial charge on any atom is 0.341 e. The standard InChI is InChI=1S/C5H4ClFO2S2/c1-3-2-4(10-5(3)6)11(7,8)9/h2H,1H3. The average molecular weight is 215 g/mol. The van der Waals surface area contributed by atoms with Gasteiger partial charge in [0.15, 0.2) is 4.21 Å². The van der Waals surface area contributed by atoms with Gasteiger partial charge in [0.05, 0.1) is 4.34 Å². The molecule has 0 spiro atoms. The third-order valence-corrected chi connectivity index (χ3v) is 3.87. The van der Waals surface area contributed by atoms with E-state index in [0.717, 1.165) is 11.3 Å². The van der Waals surface area contributed by atoms with Crippen LogP contribution < -0.4 is 0 Å². The Balaban J connectivity index is 3.29. The van der Waals surface area contributed by atoms with Crippen LogP contribution in [0.25, 0.3) is 0 Å². The zero-order chi connectivity index (χ0) is 8.65. The van der Waals surface area contributed by atoms with Crippen LogP contribution in [0.15, 0.2) is 10.3 Å². The lowest BCUT2D eigenvalue weighted by Crippen LogP contribution is -1.85. The van der Waals surface area contributed by atoms with Crippen molar-refractivity contribution >= 4 is 33.2 Å². The van der Waals surface area contributed by atoms with E-state index in [-0.39, 0.29) is 4.21 Å². The second kappa shape index (κ2) is 2.73. The molecule has 1 aromatic rings. The highest BCUT2D eigenvalue weighted by atomic mass is 35.5. The van der Waals surface area contributed by atoms with Crippen molar-refractivity contribution in [2.75, 3.05) is 0 Å². The number of hydrogen-bond donors (Lipinski definition) is 0. The van der Waals surface area contributed by atoms with Crippen LogP contribution >= 0.6 is 22.9 Å². The second-order valence-corrected chi connectivity index (χ2v) is 5.19. The highest BCUT2D eigenvalue weighted by Crippen LogP contribution is 2.30. The van der Waals surface area contributed by atoms with E-state index in [1.54, 1.807) is 6.92 Å². The van der Waals surface area contributed by atoms with E-state index in [9.17, 15) is 12.3 Å². The molecule has 11 heavy (non-hydrogen) atoms. The maximum atomic E-state index is 12.2. The van der Waals surface area contributed by atoms with E-state index in [0.29, 0.717) is 9.90 Å². The fourth-order valence-corrected chi connectivity index (χ4v) is 2.59. The van der Waals surface area contributed by atoms with Gasteiger partial charge in [-0.2, -0.15) is 8.42 Å². The summed E-state index contributed by atoms with van der Waals surface area (Å²) in [5, 5.41) is 0. The Morgan fingerprint density at radius 2 is 2.18 bits per heavy atom. The van der Waals surface area contributed by atoms with Gasteiger partial charge >= 0.3 is 10.2 Å². The van der Waals surface area contributed by atoms with Crippen LogP contribution in [0, 0.1) is 6.92 Å². The number of thiophene rings is 1. The van der Waals surface area contributed by atoms with Crippen molar-refractivity contribution in [2.45, 2.75) is 11.1 Å². The van der Waals surface area contributed by atoms with Crippen LogP contribution in [0.4, 0.5) is 3.89 Å². The number of halogens is 2. The van der Waals surface area contributed by atoms with Crippen molar-refractivity contribution in [3.63, 3.8) is 0 Å². The van der Waals surface area contributed by atoms with Gasteiger partial charge in [0, 0.05) is 0 Å². The van der Waals surface area contributed by atoms with Crippen LogP contribution in [-0.4, -0.2) is 8.42 Å². The SMILES string of the molecule is Cc1cc(S(=O)(=O)F)sc1Cl. The van der Waals surface area contributed by atoms with Gasteiger partial charge in [-0.25, -0.2) is 0 Å². The van der Waals surface area contributed by atoms with Gasteiger partial charge in [-0.15, -0.1) is 11.3 Å². The minimum Gasteiger partial charge on any atom is -0.188 e. The van der Waals surface area contributed by atoms with Gasteiger partial charge in [-0.3, -0.25) is 0 Å². The summed E-state index contributed by atoms with van der Waals surface area (Å²) in [4.78, 5) is 0. The zero-order valence-electron chi connectivity index (χ0n) is 5.47. The van der Waals surface area contributed by atoms with E-state index in [1.165, 1.54) is 6.07 Å². The summed E-state index contributed by atoms with van der Waals surface area (Å²) in [5.74, 6) is 0. The van der Waals surface area contributed by atoms with Crippen molar-refractivity contribution in [2.24, 2.45) is 0 Å². The molecule has 0 saturated heterocycles. The van der Waals surface area contributed by atoms with Gasteiger partial charge < -0.3 is 0 Å². The largest absolute Gasteiger partial charge is 0.341 e. The molecular weight excluding hydrogens is 211 g/mol. The lowest BCUT2D eigenvalue weighted by Gasteiger charge is -1.82. The normalized spacial score (nSPS) is 11.9. The lowest BCUT2D eigenvalue weighted by molar-refractivity contribution is 0.554. The summed E-state index contributed by atoms with van der Waals surface area (Å²) in [6.07, 6.45) is 0. The smallest absolute Gasteiger partial charge is 0.188 e. The predicted molar refractivity (Wildman–Crippen MR) is 42.4 cm³/mol. The first-order valence-electron chi connectivity index (χ1n) is 2.62. The fraction of sp³-hybridized carbons (Fsp3) is 0.200. The van der Waals surface area contributed by atoms with Crippen LogP contribution in [0.3, 0.4) is 0 Å². The Kier molecular flexibility index (Phi) is 2.22. The first-order valence-corrected chi connectivity index (χ1v) is 5.19. The molecule has 1 rings (SSSR count). The Hall–Kier alpha value is -0.130. The average Bonchev–Trinajstić information content (AvgIpc) is 2.11. The van der Waals surface area contributed by atoms with Crippen LogP contribution in [0.1, 0.15) is 5.56 Å². The molecule has 0 aromatic carbocycles. The highest BCUT2D eigenvalue weighted by Gasteiger charge is 2.16. The summed E-state index contributed by atoms with van der Waals surface area (Å²) < 4.78 is 32.8. The van der Waals surface area contributed by atoms with E-state index >= 15 is 0 Å². The summed E-state index contributed by atoms with van der Waals surface area (Å²) >= 11 is 6.25. The molecule has 0 aliphatic carbocycles. The Labute approximate surface area is 72.8 Å². The van der Waals surface area contributed by atoms with Gasteiger partial charge in [0.1, 0.15) is 0 Å². The van der Waals surface area contributed by atoms with Gasteiger partial charge in [-0.1, -0.05) is 15.5 Å². The van der Waals surface area contributed by atoms with E-state index in [2.05, 4.69) is 0 Å². The van der Waals surface area contributed by atoms with Crippen molar-refractivity contribution < 1.29 is 12.3 Å². The molecule has 0 saturated carbocycles. The summed E-state index contributed by atoms with van der Waals surface area (Å²) in [5.41, 5.74) is 0.577. The van der Waals surface area contributed by atoms with E-state index in [1.807, 2.05) is 0 Å². The summed E-state index contributed by atoms with van der Waals surface area (Å²) in [6.45, 7) is 1.62. The Bertz CT molecular complexity index is 348. The van der Waals surface area contributed by atoms with Crippen LogP contribution in [0.5, 0.6) is 0 Å². The first kappa shape index (κ1) is 8.96. The van der Waals surface area contributed by atoms with E-state index < -0.39 is 10.2 Å². The monoisotopic (exact) mass is 214 g/mol. The van der Waals surface area contributed by atoms with Gasteiger partial charge in [0.25, 0.3) is 0 Å². The zero-order valence-corrected chi connectivity index (χ0v) is 7.86. The molecule has 0 amide bonds. The quantitative estimate of drug-likeness (QED) is 0.673. The number of aryl methyl sites for hydroxylation is 1. The Morgan fingerprint density at radius 3 is 2.36 bits per heavy atom. The van der Waals surface area contributed by atoms with Crippen molar-refractivity contribution in [3.05, 3.63) is 16.0 Å². The molecular formula is C5H4ClFO2S2. The predicted octanol–water partition coefficient (Wildman–Crippen LogP) is 2.37. The van der Waals surface area contributed by atoms with Crippen molar-refractivity contribution in [3.8, 4) is 0 Å². The van der Waals surface area contributed by atoms with E-state index in [4.69, 9.17) is 11.6 Å². The molecule has 6 heteroatoms. The van der Waals surface area contributed by atoms with Crippen LogP contribution in [-0.2, 0) is 10.2 Å². The molecule has 1 heterocycles. The summed E-state index contributed by atoms with van der Waals surface area (Å²) in [7, 11) is -4.57. The first-order chi connectivity index (χ1) is 4.91. The molecule has 2 nitrogen and oxygen atoms in total. The third kappa shape index (κ3) is 1.91. The minimum atomic E-state index is -4.57. The van der Waals surface area contributed by atoms with Gasteiger partial charge in [-0.05, 0) is 18.6 Å². The van der Waals surface area contributed by atoms with Crippen molar-refractivity contribution in [1.29, 1.82) is 0 Å². The highest BCUT2D eigenvalue weighted by molar-refractivity contribution is 7.88. The molecule has 0 atom stereocenters. The third-order valence-electron chi connectivity index (χ3n) is 1.07. The number of hydrogen-bond acceptors (Lipinski definition) is 3. The van der Waals surface area contributed by atoms with Gasteiger partial charge in [0.2, 0.25) is 0 Å².